The van der Waals surface area contributed by atoms with Crippen LogP contribution >= 0.6 is 0 Å². The molecule has 0 aliphatic heterocycles. The van der Waals surface area contributed by atoms with Gasteiger partial charge in [0.2, 0.25) is 0 Å². The van der Waals surface area contributed by atoms with Gasteiger partial charge < -0.3 is 15.4 Å². The van der Waals surface area contributed by atoms with E-state index in [1.54, 1.807) is 0 Å². The molecule has 1 aromatic rings. The third kappa shape index (κ3) is 2.83. The molecule has 1 aliphatic rings. The van der Waals surface area contributed by atoms with Crippen molar-refractivity contribution in [1.29, 1.82) is 0 Å². The Labute approximate surface area is 90.9 Å². The van der Waals surface area contributed by atoms with Gasteiger partial charge in [-0.25, -0.2) is 0 Å². The van der Waals surface area contributed by atoms with Crippen LogP contribution in [0.4, 0.5) is 0 Å². The molecule has 2 rings (SSSR count). The van der Waals surface area contributed by atoms with Crippen LogP contribution in [-0.4, -0.2) is 22.7 Å². The second kappa shape index (κ2) is 5.33. The van der Waals surface area contributed by atoms with E-state index in [0.717, 1.165) is 6.54 Å². The molecule has 1 saturated carbocycles. The molecule has 1 aromatic heterocycles. The van der Waals surface area contributed by atoms with Crippen molar-refractivity contribution in [3.05, 3.63) is 24.0 Å². The lowest BCUT2D eigenvalue weighted by atomic mass is 9.85. The van der Waals surface area contributed by atoms with Crippen LogP contribution in [0.1, 0.15) is 31.2 Å². The number of aromatic nitrogens is 1. The molecule has 2 atom stereocenters. The fourth-order valence-corrected chi connectivity index (χ4v) is 2.41. The highest BCUT2D eigenvalue weighted by Crippen LogP contribution is 2.24. The fourth-order valence-electron chi connectivity index (χ4n) is 2.41. The first-order chi connectivity index (χ1) is 7.40. The first-order valence-corrected chi connectivity index (χ1v) is 5.86. The minimum Gasteiger partial charge on any atom is -0.396 e. The Hall–Kier alpha value is -0.800. The van der Waals surface area contributed by atoms with Crippen molar-refractivity contribution >= 4 is 0 Å². The van der Waals surface area contributed by atoms with E-state index < -0.39 is 0 Å². The van der Waals surface area contributed by atoms with E-state index in [0.29, 0.717) is 18.6 Å². The summed E-state index contributed by atoms with van der Waals surface area (Å²) >= 11 is 0. The van der Waals surface area contributed by atoms with Gasteiger partial charge >= 0.3 is 0 Å². The molecule has 0 spiro atoms. The highest BCUT2D eigenvalue weighted by Gasteiger charge is 2.23. The molecular formula is C12H20N2O. The zero-order valence-electron chi connectivity index (χ0n) is 9.08. The average Bonchev–Trinajstić information content (AvgIpc) is 2.79. The molecule has 3 nitrogen and oxygen atoms in total. The number of hydrogen-bond donors (Lipinski definition) is 3. The first-order valence-electron chi connectivity index (χ1n) is 5.86. The summed E-state index contributed by atoms with van der Waals surface area (Å²) in [7, 11) is 0. The fraction of sp³-hybridized carbons (Fsp3) is 0.667. The van der Waals surface area contributed by atoms with Gasteiger partial charge in [0.25, 0.3) is 0 Å². The summed E-state index contributed by atoms with van der Waals surface area (Å²) < 4.78 is 0. The second-order valence-corrected chi connectivity index (χ2v) is 4.43. The summed E-state index contributed by atoms with van der Waals surface area (Å²) in [6.07, 6.45) is 8.90. The van der Waals surface area contributed by atoms with Crippen LogP contribution in [0.2, 0.25) is 0 Å². The van der Waals surface area contributed by atoms with E-state index in [4.69, 9.17) is 0 Å². The van der Waals surface area contributed by atoms with Crippen LogP contribution in [0.3, 0.4) is 0 Å². The van der Waals surface area contributed by atoms with Gasteiger partial charge in [-0.3, -0.25) is 0 Å². The normalized spacial score (nSPS) is 26.7. The van der Waals surface area contributed by atoms with Crippen molar-refractivity contribution in [1.82, 2.24) is 10.3 Å². The molecule has 0 radical (unpaired) electrons. The van der Waals surface area contributed by atoms with Gasteiger partial charge in [0.15, 0.2) is 0 Å². The van der Waals surface area contributed by atoms with Crippen LogP contribution in [-0.2, 0) is 6.54 Å². The van der Waals surface area contributed by atoms with Gasteiger partial charge in [-0.05, 0) is 30.4 Å². The van der Waals surface area contributed by atoms with Crippen molar-refractivity contribution in [3.63, 3.8) is 0 Å². The molecule has 0 bridgehead atoms. The van der Waals surface area contributed by atoms with Gasteiger partial charge in [-0.2, -0.15) is 0 Å². The summed E-state index contributed by atoms with van der Waals surface area (Å²) in [5.41, 5.74) is 1.29. The van der Waals surface area contributed by atoms with E-state index in [2.05, 4.69) is 16.4 Å². The molecule has 0 saturated heterocycles. The van der Waals surface area contributed by atoms with Crippen molar-refractivity contribution in [2.75, 3.05) is 6.61 Å². The van der Waals surface area contributed by atoms with E-state index in [9.17, 15) is 5.11 Å². The molecule has 1 heterocycles. The average molecular weight is 208 g/mol. The Kier molecular flexibility index (Phi) is 3.80. The highest BCUT2D eigenvalue weighted by molar-refractivity contribution is 5.07. The van der Waals surface area contributed by atoms with Crippen molar-refractivity contribution in [3.8, 4) is 0 Å². The number of rotatable bonds is 4. The van der Waals surface area contributed by atoms with E-state index >= 15 is 0 Å². The Morgan fingerprint density at radius 1 is 1.40 bits per heavy atom. The molecule has 2 unspecified atom stereocenters. The molecule has 1 aliphatic carbocycles. The van der Waals surface area contributed by atoms with Crippen LogP contribution in [0, 0.1) is 5.92 Å². The SMILES string of the molecule is OCC1CCCCC1NCc1cc[nH]c1. The Bertz CT molecular complexity index is 271. The number of H-pyrrole nitrogens is 1. The maximum absolute atomic E-state index is 9.27. The molecule has 84 valence electrons. The third-order valence-corrected chi connectivity index (χ3v) is 3.37. The van der Waals surface area contributed by atoms with E-state index in [1.165, 1.54) is 31.2 Å². The highest BCUT2D eigenvalue weighted by atomic mass is 16.3. The zero-order chi connectivity index (χ0) is 10.5. The molecule has 1 fully saturated rings. The molecule has 0 amide bonds. The van der Waals surface area contributed by atoms with Gasteiger partial charge in [-0.15, -0.1) is 0 Å². The molecule has 3 N–H and O–H groups in total. The monoisotopic (exact) mass is 208 g/mol. The van der Waals surface area contributed by atoms with Crippen molar-refractivity contribution in [2.45, 2.75) is 38.3 Å². The van der Waals surface area contributed by atoms with Crippen LogP contribution in [0.5, 0.6) is 0 Å². The Morgan fingerprint density at radius 3 is 3.00 bits per heavy atom. The lowest BCUT2D eigenvalue weighted by molar-refractivity contribution is 0.152. The molecule has 3 heteroatoms. The lowest BCUT2D eigenvalue weighted by Crippen LogP contribution is -2.39. The van der Waals surface area contributed by atoms with Crippen LogP contribution in [0.15, 0.2) is 18.5 Å². The standard InChI is InChI=1S/C12H20N2O/c15-9-11-3-1-2-4-12(11)14-8-10-5-6-13-7-10/h5-7,11-15H,1-4,8-9H2. The topological polar surface area (TPSA) is 48.0 Å². The minimum atomic E-state index is 0.324. The maximum Gasteiger partial charge on any atom is 0.0474 e. The maximum atomic E-state index is 9.27. The van der Waals surface area contributed by atoms with Gasteiger partial charge in [0.05, 0.1) is 0 Å². The largest absolute Gasteiger partial charge is 0.396 e. The summed E-state index contributed by atoms with van der Waals surface area (Å²) in [6, 6.07) is 2.59. The van der Waals surface area contributed by atoms with Crippen molar-refractivity contribution in [2.24, 2.45) is 5.92 Å². The van der Waals surface area contributed by atoms with Crippen LogP contribution < -0.4 is 5.32 Å². The summed E-state index contributed by atoms with van der Waals surface area (Å²) in [6.45, 7) is 1.23. The molecular weight excluding hydrogens is 188 g/mol. The Balaban J connectivity index is 1.81. The number of nitrogens with one attached hydrogen (secondary N) is 2. The third-order valence-electron chi connectivity index (χ3n) is 3.37. The smallest absolute Gasteiger partial charge is 0.0474 e. The molecule has 0 aromatic carbocycles. The van der Waals surface area contributed by atoms with Gasteiger partial charge in [0, 0.05) is 31.6 Å². The predicted molar refractivity (Wildman–Crippen MR) is 60.5 cm³/mol. The second-order valence-electron chi connectivity index (χ2n) is 4.43. The van der Waals surface area contributed by atoms with Crippen molar-refractivity contribution < 1.29 is 5.11 Å². The zero-order valence-corrected chi connectivity index (χ0v) is 9.08. The summed E-state index contributed by atoms with van der Waals surface area (Å²) in [5.74, 6) is 0.456. The number of aromatic amines is 1. The first kappa shape index (κ1) is 10.7. The van der Waals surface area contributed by atoms with Crippen LogP contribution in [0.25, 0.3) is 0 Å². The van der Waals surface area contributed by atoms with E-state index in [1.807, 2.05) is 12.4 Å². The minimum absolute atomic E-state index is 0.324. The quantitative estimate of drug-likeness (QED) is 0.704. The number of hydrogen-bond acceptors (Lipinski definition) is 2. The molecule has 15 heavy (non-hydrogen) atoms. The number of aliphatic hydroxyl groups excluding tert-OH is 1. The lowest BCUT2D eigenvalue weighted by Gasteiger charge is -2.30. The summed E-state index contributed by atoms with van der Waals surface area (Å²) in [5, 5.41) is 12.8. The van der Waals surface area contributed by atoms with Gasteiger partial charge in [-0.1, -0.05) is 12.8 Å². The number of aliphatic hydroxyl groups is 1. The predicted octanol–water partition coefficient (Wildman–Crippen LogP) is 1.66. The van der Waals surface area contributed by atoms with Gasteiger partial charge in [0.1, 0.15) is 0 Å². The Morgan fingerprint density at radius 2 is 2.27 bits per heavy atom. The summed E-state index contributed by atoms with van der Waals surface area (Å²) in [4.78, 5) is 3.05. The van der Waals surface area contributed by atoms with E-state index in [-0.39, 0.29) is 0 Å².